The monoisotopic (exact) mass is 369 g/mol. The summed E-state index contributed by atoms with van der Waals surface area (Å²) in [6.45, 7) is 5.97. The maximum atomic E-state index is 5.69. The van der Waals surface area contributed by atoms with Crippen molar-refractivity contribution in [3.05, 3.63) is 59.2 Å². The first-order valence-electron chi connectivity index (χ1n) is 9.23. The van der Waals surface area contributed by atoms with Crippen LogP contribution in [0.2, 0.25) is 0 Å². The molecule has 6 nitrogen and oxygen atoms in total. The van der Waals surface area contributed by atoms with E-state index in [0.717, 1.165) is 29.3 Å². The quantitative estimate of drug-likeness (QED) is 0.771. The lowest BCUT2D eigenvalue weighted by molar-refractivity contribution is 0.0375. The summed E-state index contributed by atoms with van der Waals surface area (Å²) in [7, 11) is 4.12. The average Bonchev–Trinajstić information content (AvgIpc) is 3.14. The highest BCUT2D eigenvalue weighted by molar-refractivity contribution is 5.98. The van der Waals surface area contributed by atoms with E-state index in [9.17, 15) is 0 Å². The molecule has 1 aliphatic heterocycles. The Hall–Kier alpha value is -2.57. The van der Waals surface area contributed by atoms with Gasteiger partial charge in [0.1, 0.15) is 0 Å². The van der Waals surface area contributed by atoms with Crippen molar-refractivity contribution >= 4 is 5.84 Å². The van der Waals surface area contributed by atoms with Crippen LogP contribution in [0.4, 0.5) is 0 Å². The van der Waals surface area contributed by atoms with E-state index in [1.807, 2.05) is 32.0 Å². The van der Waals surface area contributed by atoms with Crippen LogP contribution in [0.1, 0.15) is 36.8 Å². The SMILES string of the molecule is CCOc1ccc(C2N=C(c3ccc(CN(C)C)cc3)NO2)cc1OCC. The summed E-state index contributed by atoms with van der Waals surface area (Å²) in [6.07, 6.45) is -0.420. The molecule has 0 saturated heterocycles. The van der Waals surface area contributed by atoms with Gasteiger partial charge >= 0.3 is 0 Å². The molecule has 1 aliphatic rings. The van der Waals surface area contributed by atoms with E-state index in [0.29, 0.717) is 19.0 Å². The number of benzene rings is 2. The molecular weight excluding hydrogens is 342 g/mol. The second-order valence-electron chi connectivity index (χ2n) is 6.56. The van der Waals surface area contributed by atoms with Crippen LogP contribution in [0.15, 0.2) is 47.5 Å². The maximum Gasteiger partial charge on any atom is 0.202 e. The Labute approximate surface area is 160 Å². The third-order valence-corrected chi connectivity index (χ3v) is 4.09. The molecule has 0 spiro atoms. The highest BCUT2D eigenvalue weighted by Crippen LogP contribution is 2.33. The topological polar surface area (TPSA) is 55.3 Å². The van der Waals surface area contributed by atoms with Gasteiger partial charge in [-0.3, -0.25) is 0 Å². The number of hydrogen-bond donors (Lipinski definition) is 1. The van der Waals surface area contributed by atoms with Crippen LogP contribution >= 0.6 is 0 Å². The summed E-state index contributed by atoms with van der Waals surface area (Å²) in [5, 5.41) is 0. The summed E-state index contributed by atoms with van der Waals surface area (Å²) in [5.74, 6) is 2.16. The number of nitrogens with zero attached hydrogens (tertiary/aromatic N) is 2. The molecule has 27 heavy (non-hydrogen) atoms. The van der Waals surface area contributed by atoms with Gasteiger partial charge in [0.05, 0.1) is 13.2 Å². The van der Waals surface area contributed by atoms with Crippen molar-refractivity contribution in [1.29, 1.82) is 0 Å². The fourth-order valence-electron chi connectivity index (χ4n) is 2.91. The average molecular weight is 369 g/mol. The number of hydroxylamine groups is 1. The van der Waals surface area contributed by atoms with Gasteiger partial charge in [0.2, 0.25) is 6.23 Å². The van der Waals surface area contributed by atoms with Crippen LogP contribution in [-0.2, 0) is 11.4 Å². The molecule has 1 heterocycles. The van der Waals surface area contributed by atoms with E-state index < -0.39 is 6.23 Å². The molecule has 0 saturated carbocycles. The molecule has 0 aromatic heterocycles. The van der Waals surface area contributed by atoms with Gasteiger partial charge in [-0.25, -0.2) is 15.3 Å². The highest BCUT2D eigenvalue weighted by Gasteiger charge is 2.22. The lowest BCUT2D eigenvalue weighted by atomic mass is 10.1. The van der Waals surface area contributed by atoms with Crippen molar-refractivity contribution in [3.8, 4) is 11.5 Å². The fraction of sp³-hybridized carbons (Fsp3) is 0.381. The van der Waals surface area contributed by atoms with Crippen LogP contribution < -0.4 is 15.0 Å². The number of amidine groups is 1. The van der Waals surface area contributed by atoms with Crippen LogP contribution in [0, 0.1) is 0 Å². The van der Waals surface area contributed by atoms with Gasteiger partial charge in [0, 0.05) is 17.7 Å². The first-order chi connectivity index (χ1) is 13.1. The second kappa shape index (κ2) is 8.88. The van der Waals surface area contributed by atoms with Gasteiger partial charge < -0.3 is 14.4 Å². The molecule has 0 bridgehead atoms. The first kappa shape index (κ1) is 19.2. The number of hydrogen-bond acceptors (Lipinski definition) is 6. The second-order valence-corrected chi connectivity index (χ2v) is 6.56. The van der Waals surface area contributed by atoms with Crippen molar-refractivity contribution in [2.75, 3.05) is 27.3 Å². The Balaban J connectivity index is 1.77. The zero-order valence-electron chi connectivity index (χ0n) is 16.4. The van der Waals surface area contributed by atoms with Gasteiger partial charge in [-0.05, 0) is 45.6 Å². The fourth-order valence-corrected chi connectivity index (χ4v) is 2.91. The molecule has 0 radical (unpaired) electrons. The molecule has 0 aliphatic carbocycles. The molecule has 0 amide bonds. The maximum absolute atomic E-state index is 5.69. The molecule has 1 unspecified atom stereocenters. The largest absolute Gasteiger partial charge is 0.490 e. The van der Waals surface area contributed by atoms with Gasteiger partial charge in [-0.15, -0.1) is 0 Å². The van der Waals surface area contributed by atoms with Gasteiger partial charge in [0.25, 0.3) is 0 Å². The Kier molecular flexibility index (Phi) is 6.32. The lowest BCUT2D eigenvalue weighted by Gasteiger charge is -2.13. The molecule has 2 aromatic rings. The van der Waals surface area contributed by atoms with Crippen LogP contribution in [0.5, 0.6) is 11.5 Å². The minimum Gasteiger partial charge on any atom is -0.490 e. The Morgan fingerprint density at radius 2 is 1.70 bits per heavy atom. The zero-order valence-corrected chi connectivity index (χ0v) is 16.4. The van der Waals surface area contributed by atoms with Crippen molar-refractivity contribution in [3.63, 3.8) is 0 Å². The molecule has 1 atom stereocenters. The van der Waals surface area contributed by atoms with Crippen LogP contribution in [0.25, 0.3) is 0 Å². The van der Waals surface area contributed by atoms with Crippen LogP contribution in [-0.4, -0.2) is 38.0 Å². The molecule has 144 valence electrons. The predicted molar refractivity (Wildman–Crippen MR) is 106 cm³/mol. The summed E-state index contributed by atoms with van der Waals surface area (Å²) in [4.78, 5) is 12.5. The molecule has 6 heteroatoms. The summed E-state index contributed by atoms with van der Waals surface area (Å²) in [5.41, 5.74) is 6.10. The smallest absolute Gasteiger partial charge is 0.202 e. The Morgan fingerprint density at radius 3 is 2.37 bits per heavy atom. The van der Waals surface area contributed by atoms with Gasteiger partial charge in [-0.1, -0.05) is 30.3 Å². The number of aliphatic imine (C=N–C) groups is 1. The molecule has 1 N–H and O–H groups in total. The third-order valence-electron chi connectivity index (χ3n) is 4.09. The first-order valence-corrected chi connectivity index (χ1v) is 9.23. The molecular formula is C21H27N3O3. The van der Waals surface area contributed by atoms with Crippen molar-refractivity contribution in [1.82, 2.24) is 10.4 Å². The Morgan fingerprint density at radius 1 is 1.00 bits per heavy atom. The van der Waals surface area contributed by atoms with E-state index in [2.05, 4.69) is 53.7 Å². The predicted octanol–water partition coefficient (Wildman–Crippen LogP) is 3.53. The van der Waals surface area contributed by atoms with Gasteiger partial charge in [0.15, 0.2) is 17.3 Å². The van der Waals surface area contributed by atoms with Crippen molar-refractivity contribution < 1.29 is 14.3 Å². The van der Waals surface area contributed by atoms with Crippen LogP contribution in [0.3, 0.4) is 0 Å². The number of nitrogens with one attached hydrogen (secondary N) is 1. The third kappa shape index (κ3) is 4.78. The van der Waals surface area contributed by atoms with E-state index in [-0.39, 0.29) is 0 Å². The van der Waals surface area contributed by atoms with E-state index in [1.165, 1.54) is 5.56 Å². The number of ether oxygens (including phenoxy) is 2. The summed E-state index contributed by atoms with van der Waals surface area (Å²) < 4.78 is 11.3. The number of rotatable bonds is 8. The van der Waals surface area contributed by atoms with E-state index in [4.69, 9.17) is 14.3 Å². The van der Waals surface area contributed by atoms with E-state index >= 15 is 0 Å². The normalized spacial score (nSPS) is 16.2. The molecule has 3 rings (SSSR count). The summed E-state index contributed by atoms with van der Waals surface area (Å²) >= 11 is 0. The minimum atomic E-state index is -0.420. The highest BCUT2D eigenvalue weighted by atomic mass is 16.7. The molecule has 0 fully saturated rings. The van der Waals surface area contributed by atoms with Crippen molar-refractivity contribution in [2.24, 2.45) is 4.99 Å². The Bertz CT molecular complexity index is 788. The summed E-state index contributed by atoms with van der Waals surface area (Å²) in [6, 6.07) is 14.1. The standard InChI is InChI=1S/C21H27N3O3/c1-5-25-18-12-11-17(13-19(18)26-6-2)21-22-20(23-27-21)16-9-7-15(8-10-16)14-24(3)4/h7-13,21H,5-6,14H2,1-4H3,(H,22,23). The van der Waals surface area contributed by atoms with E-state index in [1.54, 1.807) is 0 Å². The minimum absolute atomic E-state index is 0.420. The van der Waals surface area contributed by atoms with Gasteiger partial charge in [-0.2, -0.15) is 0 Å². The molecule has 2 aromatic carbocycles. The zero-order chi connectivity index (χ0) is 19.2. The lowest BCUT2D eigenvalue weighted by Crippen LogP contribution is -2.18. The van der Waals surface area contributed by atoms with Crippen molar-refractivity contribution in [2.45, 2.75) is 26.6 Å².